The van der Waals surface area contributed by atoms with Crippen LogP contribution in [0, 0.1) is 5.92 Å². The first-order valence-electron chi connectivity index (χ1n) is 7.38. The van der Waals surface area contributed by atoms with Gasteiger partial charge in [-0.15, -0.1) is 0 Å². The van der Waals surface area contributed by atoms with Crippen LogP contribution >= 0.6 is 0 Å². The maximum atomic E-state index is 11.0. The smallest absolute Gasteiger partial charge is 0.306 e. The minimum absolute atomic E-state index is 0.167. The molecule has 4 nitrogen and oxygen atoms in total. The summed E-state index contributed by atoms with van der Waals surface area (Å²) in [7, 11) is 0. The molecule has 4 heteroatoms. The molecule has 0 aliphatic heterocycles. The van der Waals surface area contributed by atoms with E-state index in [-0.39, 0.29) is 5.92 Å². The fourth-order valence-corrected chi connectivity index (χ4v) is 3.18. The molecule has 1 aliphatic carbocycles. The number of hydrogen-bond acceptors (Lipinski definition) is 2. The van der Waals surface area contributed by atoms with Gasteiger partial charge in [-0.2, -0.15) is 5.10 Å². The predicted octanol–water partition coefficient (Wildman–Crippen LogP) is 3.41. The molecule has 1 N–H and O–H groups in total. The molecule has 3 rings (SSSR count). The lowest BCUT2D eigenvalue weighted by molar-refractivity contribution is -0.143. The van der Waals surface area contributed by atoms with Gasteiger partial charge in [-0.3, -0.25) is 9.48 Å². The molecule has 0 spiro atoms. The Morgan fingerprint density at radius 2 is 2.10 bits per heavy atom. The van der Waals surface area contributed by atoms with Gasteiger partial charge in [0.2, 0.25) is 0 Å². The van der Waals surface area contributed by atoms with Crippen LogP contribution in [0.5, 0.6) is 0 Å². The average molecular weight is 272 g/mol. The third kappa shape index (κ3) is 2.30. The summed E-state index contributed by atoms with van der Waals surface area (Å²) in [6, 6.07) is 6.84. The Bertz CT molecular complexity index is 624. The van der Waals surface area contributed by atoms with Crippen LogP contribution in [-0.4, -0.2) is 20.9 Å². The van der Waals surface area contributed by atoms with E-state index in [4.69, 9.17) is 5.11 Å². The van der Waals surface area contributed by atoms with Crippen molar-refractivity contribution in [2.45, 2.75) is 45.1 Å². The standard InChI is InChI=1S/C16H20N2O2/c1-2-11-3-8-15-13(9-11)10-17-18(15)14-6-4-12(5-7-14)16(19)20/h3,8-10,12,14H,2,4-7H2,1H3,(H,19,20). The Morgan fingerprint density at radius 1 is 1.35 bits per heavy atom. The monoisotopic (exact) mass is 272 g/mol. The molecule has 2 aromatic rings. The highest BCUT2D eigenvalue weighted by molar-refractivity contribution is 5.79. The van der Waals surface area contributed by atoms with Gasteiger partial charge >= 0.3 is 5.97 Å². The third-order valence-corrected chi connectivity index (χ3v) is 4.46. The summed E-state index contributed by atoms with van der Waals surface area (Å²) in [5.74, 6) is -0.818. The molecule has 106 valence electrons. The number of carbonyl (C=O) groups is 1. The SMILES string of the molecule is CCc1ccc2c(cnn2C2CCC(C(=O)O)CC2)c1. The van der Waals surface area contributed by atoms with Crippen molar-refractivity contribution in [3.8, 4) is 0 Å². The molecular formula is C16H20N2O2. The molecule has 0 radical (unpaired) electrons. The van der Waals surface area contributed by atoms with E-state index < -0.39 is 5.97 Å². The van der Waals surface area contributed by atoms with Crippen molar-refractivity contribution in [2.75, 3.05) is 0 Å². The van der Waals surface area contributed by atoms with Gasteiger partial charge in [-0.1, -0.05) is 13.0 Å². The van der Waals surface area contributed by atoms with E-state index in [2.05, 4.69) is 34.9 Å². The van der Waals surface area contributed by atoms with Gasteiger partial charge in [-0.25, -0.2) is 0 Å². The van der Waals surface area contributed by atoms with Crippen molar-refractivity contribution in [3.63, 3.8) is 0 Å². The minimum Gasteiger partial charge on any atom is -0.481 e. The summed E-state index contributed by atoms with van der Waals surface area (Å²) in [5.41, 5.74) is 2.49. The van der Waals surface area contributed by atoms with Gasteiger partial charge in [0.15, 0.2) is 0 Å². The third-order valence-electron chi connectivity index (χ3n) is 4.46. The number of nitrogens with zero attached hydrogens (tertiary/aromatic N) is 2. The quantitative estimate of drug-likeness (QED) is 0.931. The molecule has 20 heavy (non-hydrogen) atoms. The van der Waals surface area contributed by atoms with Gasteiger partial charge in [0.1, 0.15) is 0 Å². The van der Waals surface area contributed by atoms with Gasteiger partial charge in [0.05, 0.1) is 23.7 Å². The fraction of sp³-hybridized carbons (Fsp3) is 0.500. The molecule has 1 fully saturated rings. The van der Waals surface area contributed by atoms with E-state index in [1.165, 1.54) is 16.5 Å². The fourth-order valence-electron chi connectivity index (χ4n) is 3.18. The molecule has 1 aliphatic rings. The van der Waals surface area contributed by atoms with Crippen molar-refractivity contribution < 1.29 is 9.90 Å². The summed E-state index contributed by atoms with van der Waals surface area (Å²) in [4.78, 5) is 11.0. The lowest BCUT2D eigenvalue weighted by Gasteiger charge is -2.26. The van der Waals surface area contributed by atoms with E-state index in [0.717, 1.165) is 32.1 Å². The highest BCUT2D eigenvalue weighted by Gasteiger charge is 2.27. The van der Waals surface area contributed by atoms with Crippen LogP contribution in [0.4, 0.5) is 0 Å². The molecule has 0 amide bonds. The highest BCUT2D eigenvalue weighted by Crippen LogP contribution is 2.33. The molecule has 0 atom stereocenters. The number of carboxylic acid groups (broad SMARTS) is 1. The topological polar surface area (TPSA) is 55.1 Å². The van der Waals surface area contributed by atoms with Crippen LogP contribution in [0.25, 0.3) is 10.9 Å². The Labute approximate surface area is 118 Å². The van der Waals surface area contributed by atoms with E-state index >= 15 is 0 Å². The second-order valence-electron chi connectivity index (χ2n) is 5.68. The molecule has 1 heterocycles. The highest BCUT2D eigenvalue weighted by atomic mass is 16.4. The summed E-state index contributed by atoms with van der Waals surface area (Å²) >= 11 is 0. The summed E-state index contributed by atoms with van der Waals surface area (Å²) in [6.45, 7) is 2.15. The molecule has 1 aromatic heterocycles. The van der Waals surface area contributed by atoms with Crippen LogP contribution in [-0.2, 0) is 11.2 Å². The summed E-state index contributed by atoms with van der Waals surface area (Å²) < 4.78 is 2.09. The number of hydrogen-bond donors (Lipinski definition) is 1. The zero-order valence-electron chi connectivity index (χ0n) is 11.7. The molecule has 0 unspecified atom stereocenters. The number of aromatic nitrogens is 2. The average Bonchev–Trinajstić information content (AvgIpc) is 2.90. The van der Waals surface area contributed by atoms with Crippen molar-refractivity contribution in [1.82, 2.24) is 9.78 Å². The number of aliphatic carboxylic acids is 1. The molecule has 0 saturated heterocycles. The van der Waals surface area contributed by atoms with Crippen molar-refractivity contribution >= 4 is 16.9 Å². The Balaban J connectivity index is 1.83. The number of fused-ring (bicyclic) bond motifs is 1. The van der Waals surface area contributed by atoms with Crippen LogP contribution in [0.1, 0.15) is 44.2 Å². The van der Waals surface area contributed by atoms with Crippen molar-refractivity contribution in [1.29, 1.82) is 0 Å². The van der Waals surface area contributed by atoms with Crippen LogP contribution < -0.4 is 0 Å². The van der Waals surface area contributed by atoms with Crippen LogP contribution in [0.15, 0.2) is 24.4 Å². The van der Waals surface area contributed by atoms with Crippen LogP contribution in [0.3, 0.4) is 0 Å². The van der Waals surface area contributed by atoms with Gasteiger partial charge in [0.25, 0.3) is 0 Å². The first kappa shape index (κ1) is 13.2. The van der Waals surface area contributed by atoms with E-state index in [1.807, 2.05) is 6.20 Å². The minimum atomic E-state index is -0.652. The Hall–Kier alpha value is -1.84. The number of rotatable bonds is 3. The molecule has 1 aromatic carbocycles. The lowest BCUT2D eigenvalue weighted by atomic mass is 9.86. The van der Waals surface area contributed by atoms with Gasteiger partial charge in [-0.05, 0) is 49.8 Å². The maximum absolute atomic E-state index is 11.0. The zero-order chi connectivity index (χ0) is 14.1. The van der Waals surface area contributed by atoms with Crippen molar-refractivity contribution in [3.05, 3.63) is 30.0 Å². The Morgan fingerprint density at radius 3 is 2.75 bits per heavy atom. The zero-order valence-corrected chi connectivity index (χ0v) is 11.7. The lowest BCUT2D eigenvalue weighted by Crippen LogP contribution is -2.23. The first-order valence-corrected chi connectivity index (χ1v) is 7.38. The van der Waals surface area contributed by atoms with E-state index in [1.54, 1.807) is 0 Å². The number of carboxylic acids is 1. The molecule has 0 bridgehead atoms. The van der Waals surface area contributed by atoms with Crippen LogP contribution in [0.2, 0.25) is 0 Å². The number of benzene rings is 1. The Kier molecular flexibility index (Phi) is 3.47. The second kappa shape index (κ2) is 5.27. The summed E-state index contributed by atoms with van der Waals surface area (Å²) in [6.07, 6.45) is 6.29. The van der Waals surface area contributed by atoms with Crippen molar-refractivity contribution in [2.24, 2.45) is 5.92 Å². The van der Waals surface area contributed by atoms with Gasteiger partial charge < -0.3 is 5.11 Å². The molecule has 1 saturated carbocycles. The first-order chi connectivity index (χ1) is 9.69. The van der Waals surface area contributed by atoms with E-state index in [9.17, 15) is 4.79 Å². The van der Waals surface area contributed by atoms with Gasteiger partial charge in [0, 0.05) is 5.39 Å². The van der Waals surface area contributed by atoms with E-state index in [0.29, 0.717) is 6.04 Å². The second-order valence-corrected chi connectivity index (χ2v) is 5.68. The molecular weight excluding hydrogens is 252 g/mol. The number of aryl methyl sites for hydroxylation is 1. The predicted molar refractivity (Wildman–Crippen MR) is 77.7 cm³/mol. The summed E-state index contributed by atoms with van der Waals surface area (Å²) in [5, 5.41) is 14.8. The largest absolute Gasteiger partial charge is 0.481 e. The normalized spacial score (nSPS) is 23.1. The maximum Gasteiger partial charge on any atom is 0.306 e.